The van der Waals surface area contributed by atoms with Gasteiger partial charge in [-0.3, -0.25) is 9.36 Å². The largest absolute Gasteiger partial charge is 0.756 e. The summed E-state index contributed by atoms with van der Waals surface area (Å²) in [4.78, 5) is 25.1. The molecule has 0 rings (SSSR count). The average molecular weight is 767 g/mol. The summed E-state index contributed by atoms with van der Waals surface area (Å²) < 4.78 is 23.1. The number of allylic oxidation sites excluding steroid dienone is 7. The van der Waals surface area contributed by atoms with Crippen molar-refractivity contribution in [3.05, 3.63) is 48.6 Å². The van der Waals surface area contributed by atoms with Crippen LogP contribution >= 0.6 is 7.82 Å². The third-order valence-electron chi connectivity index (χ3n) is 9.24. The number of rotatable bonds is 38. The molecule has 0 aromatic rings. The predicted molar refractivity (Wildman–Crippen MR) is 224 cm³/mol. The number of carbonyl (C=O) groups is 1. The molecular formula is C44H83N2O6P. The third kappa shape index (κ3) is 38.5. The monoisotopic (exact) mass is 767 g/mol. The number of nitrogens with zero attached hydrogens (tertiary/aromatic N) is 1. The maximum absolute atomic E-state index is 12.7. The van der Waals surface area contributed by atoms with E-state index in [-0.39, 0.29) is 18.9 Å². The van der Waals surface area contributed by atoms with Crippen molar-refractivity contribution in [1.29, 1.82) is 0 Å². The fourth-order valence-electron chi connectivity index (χ4n) is 5.77. The lowest BCUT2D eigenvalue weighted by Crippen LogP contribution is -2.45. The molecule has 0 radical (unpaired) electrons. The number of quaternary nitrogens is 1. The van der Waals surface area contributed by atoms with Crippen LogP contribution in [0, 0.1) is 0 Å². The highest BCUT2D eigenvalue weighted by Gasteiger charge is 2.23. The highest BCUT2D eigenvalue weighted by molar-refractivity contribution is 7.45. The SMILES string of the molecule is CCCCCC/C=C\CCCC(=O)NC(COP(=O)([O-])OCC[N+](C)(C)C)C(O)/C=C/CC/C=C/CC/C=C/CCCCCCCCCCCCCC. The van der Waals surface area contributed by atoms with E-state index in [2.05, 4.69) is 55.6 Å². The van der Waals surface area contributed by atoms with Gasteiger partial charge in [0.15, 0.2) is 0 Å². The molecule has 0 fully saturated rings. The Morgan fingerprint density at radius 3 is 1.55 bits per heavy atom. The second kappa shape index (κ2) is 36.1. The molecule has 0 spiro atoms. The van der Waals surface area contributed by atoms with Gasteiger partial charge in [-0.1, -0.05) is 152 Å². The minimum Gasteiger partial charge on any atom is -0.756 e. The zero-order valence-electron chi connectivity index (χ0n) is 35.0. The Kier molecular flexibility index (Phi) is 35.1. The minimum absolute atomic E-state index is 0.0147. The Balaban J connectivity index is 4.45. The van der Waals surface area contributed by atoms with E-state index in [0.29, 0.717) is 17.4 Å². The van der Waals surface area contributed by atoms with Gasteiger partial charge in [-0.2, -0.15) is 0 Å². The summed E-state index contributed by atoms with van der Waals surface area (Å²) >= 11 is 0. The summed E-state index contributed by atoms with van der Waals surface area (Å²) in [6, 6.07) is -0.922. The number of phosphoric acid groups is 1. The number of hydrogen-bond donors (Lipinski definition) is 2. The molecule has 8 nitrogen and oxygen atoms in total. The Morgan fingerprint density at radius 2 is 1.06 bits per heavy atom. The van der Waals surface area contributed by atoms with Gasteiger partial charge in [0.05, 0.1) is 39.9 Å². The second-order valence-corrected chi connectivity index (χ2v) is 17.1. The summed E-state index contributed by atoms with van der Waals surface area (Å²) in [6.07, 6.45) is 44.7. The van der Waals surface area contributed by atoms with Crippen LogP contribution in [0.15, 0.2) is 48.6 Å². The van der Waals surface area contributed by atoms with E-state index < -0.39 is 26.6 Å². The van der Waals surface area contributed by atoms with Crippen molar-refractivity contribution in [3.63, 3.8) is 0 Å². The number of hydrogen-bond acceptors (Lipinski definition) is 6. The van der Waals surface area contributed by atoms with Gasteiger partial charge in [0.1, 0.15) is 13.2 Å². The van der Waals surface area contributed by atoms with Gasteiger partial charge in [-0.25, -0.2) is 0 Å². The topological polar surface area (TPSA) is 108 Å². The van der Waals surface area contributed by atoms with Crippen molar-refractivity contribution >= 4 is 13.7 Å². The molecule has 310 valence electrons. The van der Waals surface area contributed by atoms with Crippen LogP contribution in [-0.4, -0.2) is 68.5 Å². The Bertz CT molecular complexity index is 1010. The molecule has 3 unspecified atom stereocenters. The van der Waals surface area contributed by atoms with Crippen LogP contribution in [0.25, 0.3) is 0 Å². The van der Waals surface area contributed by atoms with E-state index in [4.69, 9.17) is 9.05 Å². The van der Waals surface area contributed by atoms with Gasteiger partial charge in [0, 0.05) is 6.42 Å². The molecule has 0 aliphatic carbocycles. The summed E-state index contributed by atoms with van der Waals surface area (Å²) in [5.74, 6) is -0.250. The first-order valence-corrected chi connectivity index (χ1v) is 23.0. The van der Waals surface area contributed by atoms with Crippen LogP contribution in [0.1, 0.15) is 174 Å². The van der Waals surface area contributed by atoms with E-state index in [0.717, 1.165) is 38.5 Å². The molecule has 53 heavy (non-hydrogen) atoms. The highest BCUT2D eigenvalue weighted by Crippen LogP contribution is 2.38. The molecule has 3 atom stereocenters. The molecule has 0 aliphatic heterocycles. The van der Waals surface area contributed by atoms with E-state index in [1.807, 2.05) is 27.2 Å². The van der Waals surface area contributed by atoms with Crippen molar-refractivity contribution in [1.82, 2.24) is 5.32 Å². The Hall–Kier alpha value is -1.54. The van der Waals surface area contributed by atoms with Gasteiger partial charge in [0.25, 0.3) is 7.82 Å². The van der Waals surface area contributed by atoms with E-state index >= 15 is 0 Å². The van der Waals surface area contributed by atoms with Crippen LogP contribution < -0.4 is 10.2 Å². The molecule has 0 bridgehead atoms. The summed E-state index contributed by atoms with van der Waals surface area (Å²) in [6.45, 7) is 4.54. The number of aliphatic hydroxyl groups excluding tert-OH is 1. The predicted octanol–water partition coefficient (Wildman–Crippen LogP) is 11.1. The fourth-order valence-corrected chi connectivity index (χ4v) is 6.50. The zero-order valence-corrected chi connectivity index (χ0v) is 35.8. The first-order chi connectivity index (χ1) is 25.5. The number of amides is 1. The van der Waals surface area contributed by atoms with Crippen molar-refractivity contribution in [2.75, 3.05) is 40.9 Å². The fraction of sp³-hybridized carbons (Fsp3) is 0.795. The lowest BCUT2D eigenvalue weighted by Gasteiger charge is -2.29. The van der Waals surface area contributed by atoms with Gasteiger partial charge in [0.2, 0.25) is 5.91 Å². The molecule has 9 heteroatoms. The molecule has 0 aliphatic rings. The van der Waals surface area contributed by atoms with Crippen molar-refractivity contribution in [3.8, 4) is 0 Å². The van der Waals surface area contributed by atoms with E-state index in [9.17, 15) is 19.4 Å². The Morgan fingerprint density at radius 1 is 0.642 bits per heavy atom. The van der Waals surface area contributed by atoms with Crippen molar-refractivity contribution < 1.29 is 32.9 Å². The number of phosphoric ester groups is 1. The van der Waals surface area contributed by atoms with Crippen LogP contribution in [0.2, 0.25) is 0 Å². The van der Waals surface area contributed by atoms with Crippen LogP contribution in [-0.2, 0) is 18.4 Å². The highest BCUT2D eigenvalue weighted by atomic mass is 31.2. The third-order valence-corrected chi connectivity index (χ3v) is 10.2. The van der Waals surface area contributed by atoms with Gasteiger partial charge in [-0.05, 0) is 64.2 Å². The maximum atomic E-state index is 12.7. The number of carbonyl (C=O) groups excluding carboxylic acids is 1. The molecule has 0 saturated heterocycles. The first kappa shape index (κ1) is 51.5. The van der Waals surface area contributed by atoms with Gasteiger partial charge in [-0.15, -0.1) is 0 Å². The van der Waals surface area contributed by atoms with E-state index in [1.165, 1.54) is 109 Å². The normalized spacial score (nSPS) is 14.9. The molecular weight excluding hydrogens is 683 g/mol. The average Bonchev–Trinajstić information content (AvgIpc) is 3.10. The van der Waals surface area contributed by atoms with Gasteiger partial charge < -0.3 is 28.8 Å². The molecule has 2 N–H and O–H groups in total. The number of unbranched alkanes of at least 4 members (excludes halogenated alkanes) is 19. The van der Waals surface area contributed by atoms with Crippen molar-refractivity contribution in [2.45, 2.75) is 187 Å². The van der Waals surface area contributed by atoms with Crippen LogP contribution in [0.5, 0.6) is 0 Å². The summed E-state index contributed by atoms with van der Waals surface area (Å²) in [5, 5.41) is 13.7. The van der Waals surface area contributed by atoms with Crippen molar-refractivity contribution in [2.24, 2.45) is 0 Å². The Labute approximate surface area is 327 Å². The molecule has 0 saturated carbocycles. The molecule has 0 heterocycles. The molecule has 0 aromatic heterocycles. The molecule has 1 amide bonds. The molecule has 0 aromatic carbocycles. The summed E-state index contributed by atoms with van der Waals surface area (Å²) in [7, 11) is 1.21. The van der Waals surface area contributed by atoms with E-state index in [1.54, 1.807) is 6.08 Å². The quantitative estimate of drug-likeness (QED) is 0.0280. The number of likely N-dealkylation sites (N-methyl/N-ethyl adjacent to an activating group) is 1. The maximum Gasteiger partial charge on any atom is 0.268 e. The lowest BCUT2D eigenvalue weighted by molar-refractivity contribution is -0.870. The van der Waals surface area contributed by atoms with Gasteiger partial charge >= 0.3 is 0 Å². The smallest absolute Gasteiger partial charge is 0.268 e. The first-order valence-electron chi connectivity index (χ1n) is 21.5. The zero-order chi connectivity index (χ0) is 39.3. The van der Waals surface area contributed by atoms with Crippen LogP contribution in [0.4, 0.5) is 0 Å². The lowest BCUT2D eigenvalue weighted by atomic mass is 10.0. The standard InChI is InChI=1S/C44H83N2O6P/c1-6-8-10-12-14-16-17-18-19-20-21-22-23-24-25-26-27-28-30-31-33-35-37-43(47)42(41-52-53(49,50)51-40-39-46(3,4)5)45-44(48)38-36-34-32-29-15-13-11-9-7-2/h24-25,28-30,32,35,37,42-43,47H,6-23,26-27,31,33-34,36,38-41H2,1-5H3,(H-,45,48,49,50)/b25-24+,30-28+,32-29-,37-35+. The number of nitrogens with one attached hydrogen (secondary N) is 1. The summed E-state index contributed by atoms with van der Waals surface area (Å²) in [5.41, 5.74) is 0. The van der Waals surface area contributed by atoms with Crippen LogP contribution in [0.3, 0.4) is 0 Å². The minimum atomic E-state index is -4.60. The second-order valence-electron chi connectivity index (χ2n) is 15.7. The number of aliphatic hydroxyl groups is 1.